The Morgan fingerprint density at radius 1 is 1.27 bits per heavy atom. The molecule has 0 spiro atoms. The van der Waals surface area contributed by atoms with E-state index in [9.17, 15) is 9.59 Å². The summed E-state index contributed by atoms with van der Waals surface area (Å²) in [6.45, 7) is 6.11. The Morgan fingerprint density at radius 3 is 2.53 bits per heavy atom. The molecule has 0 aliphatic rings. The van der Waals surface area contributed by atoms with E-state index in [0.29, 0.717) is 31.0 Å². The first-order chi connectivity index (χ1) is 14.3. The van der Waals surface area contributed by atoms with Crippen molar-refractivity contribution in [2.45, 2.75) is 13.3 Å². The van der Waals surface area contributed by atoms with Crippen LogP contribution in [-0.2, 0) is 20.7 Å². The summed E-state index contributed by atoms with van der Waals surface area (Å²) in [5.74, 6) is -0.928. The minimum Gasteiger partial charge on any atom is -0.466 e. The van der Waals surface area contributed by atoms with Gasteiger partial charge in [-0.3, -0.25) is 14.6 Å². The van der Waals surface area contributed by atoms with Crippen LogP contribution >= 0.6 is 0 Å². The lowest BCUT2D eigenvalue weighted by Crippen LogP contribution is -2.12. The smallest absolute Gasteiger partial charge is 0.302 e. The fourth-order valence-electron chi connectivity index (χ4n) is 2.68. The summed E-state index contributed by atoms with van der Waals surface area (Å²) in [7, 11) is 3.27. The zero-order valence-electron chi connectivity index (χ0n) is 17.4. The topological polar surface area (TPSA) is 109 Å². The maximum Gasteiger partial charge on any atom is 0.302 e. The molecule has 0 saturated carbocycles. The fraction of sp³-hybridized carbons (Fsp3) is 0.273. The quantitative estimate of drug-likeness (QED) is 0.368. The zero-order chi connectivity index (χ0) is 22.1. The van der Waals surface area contributed by atoms with Crippen LogP contribution in [0, 0.1) is 0 Å². The number of aliphatic imine (C=N–C) groups is 1. The van der Waals surface area contributed by atoms with Gasteiger partial charge in [-0.05, 0) is 23.8 Å². The molecule has 1 amide bonds. The van der Waals surface area contributed by atoms with Gasteiger partial charge in [-0.1, -0.05) is 30.8 Å². The molecule has 2 N–H and O–H groups in total. The summed E-state index contributed by atoms with van der Waals surface area (Å²) in [4.78, 5) is 26.7. The van der Waals surface area contributed by atoms with Gasteiger partial charge < -0.3 is 15.2 Å². The van der Waals surface area contributed by atoms with Crippen molar-refractivity contribution in [1.29, 1.82) is 0 Å². The minimum atomic E-state index is -0.625. The van der Waals surface area contributed by atoms with Crippen molar-refractivity contribution in [3.05, 3.63) is 60.3 Å². The molecule has 0 unspecified atom stereocenters. The average molecular weight is 410 g/mol. The predicted octanol–water partition coefficient (Wildman–Crippen LogP) is 2.50. The van der Waals surface area contributed by atoms with E-state index in [1.54, 1.807) is 37.1 Å². The third-order valence-electron chi connectivity index (χ3n) is 4.23. The van der Waals surface area contributed by atoms with Crippen molar-refractivity contribution >= 4 is 23.3 Å². The number of hydrogen-bond donors (Lipinski definition) is 1. The number of hydrogen-bond acceptors (Lipinski definition) is 6. The van der Waals surface area contributed by atoms with Crippen LogP contribution in [0.5, 0.6) is 0 Å². The van der Waals surface area contributed by atoms with Crippen LogP contribution in [0.25, 0.3) is 17.0 Å². The number of allylic oxidation sites excluding steroid dienone is 2. The third kappa shape index (κ3) is 6.25. The van der Waals surface area contributed by atoms with E-state index in [1.165, 1.54) is 6.92 Å². The molecule has 8 heteroatoms. The van der Waals surface area contributed by atoms with Gasteiger partial charge in [-0.2, -0.15) is 5.10 Å². The number of aromatic nitrogens is 2. The van der Waals surface area contributed by atoms with Gasteiger partial charge in [-0.25, -0.2) is 4.68 Å². The molecule has 0 saturated heterocycles. The van der Waals surface area contributed by atoms with E-state index in [2.05, 4.69) is 16.7 Å². The molecule has 0 aliphatic carbocycles. The second kappa shape index (κ2) is 10.9. The summed E-state index contributed by atoms with van der Waals surface area (Å²) in [5, 5.41) is 4.29. The van der Waals surface area contributed by atoms with Crippen LogP contribution in [-0.4, -0.2) is 54.7 Å². The molecular weight excluding hydrogens is 384 g/mol. The highest BCUT2D eigenvalue weighted by atomic mass is 16.5. The zero-order valence-corrected chi connectivity index (χ0v) is 17.4. The third-order valence-corrected chi connectivity index (χ3v) is 4.23. The summed E-state index contributed by atoms with van der Waals surface area (Å²) in [6, 6.07) is 9.29. The van der Waals surface area contributed by atoms with E-state index in [1.807, 2.05) is 24.3 Å². The Bertz CT molecular complexity index is 972. The summed E-state index contributed by atoms with van der Waals surface area (Å²) < 4.78 is 11.6. The number of benzene rings is 1. The number of amides is 1. The van der Waals surface area contributed by atoms with Crippen LogP contribution in [0.1, 0.15) is 23.0 Å². The number of nitrogens with two attached hydrogens (primary N) is 1. The molecule has 0 atom stereocenters. The number of nitrogens with zero attached hydrogens (tertiary/aromatic N) is 3. The molecular formula is C22H26N4O4. The van der Waals surface area contributed by atoms with E-state index in [4.69, 9.17) is 15.2 Å². The number of esters is 1. The standard InChI is InChI=1S/C22H26N4O4/c1-15(5-10-19(24-3)14-29-4)26-21(13-20(25-26)22(23)28)18-8-6-17(7-9-18)11-12-30-16(2)27/h5-10,13H,1,11-12,14H2,2-4H3,(H2,23,28)/b10-5-,24-19?. The van der Waals surface area contributed by atoms with Gasteiger partial charge >= 0.3 is 5.97 Å². The number of carbonyl (C=O) groups excluding carboxylic acids is 2. The number of methoxy groups -OCH3 is 1. The second-order valence-electron chi connectivity index (χ2n) is 6.45. The largest absolute Gasteiger partial charge is 0.466 e. The first-order valence-corrected chi connectivity index (χ1v) is 9.30. The van der Waals surface area contributed by atoms with Crippen LogP contribution in [0.15, 0.2) is 54.1 Å². The maximum absolute atomic E-state index is 11.7. The Hall–Kier alpha value is -3.52. The highest BCUT2D eigenvalue weighted by Gasteiger charge is 2.14. The molecule has 2 aromatic rings. The molecule has 30 heavy (non-hydrogen) atoms. The fourth-order valence-corrected chi connectivity index (χ4v) is 2.68. The van der Waals surface area contributed by atoms with Crippen molar-refractivity contribution in [1.82, 2.24) is 9.78 Å². The molecule has 2 rings (SSSR count). The number of ether oxygens (including phenoxy) is 2. The van der Waals surface area contributed by atoms with Crippen molar-refractivity contribution < 1.29 is 19.1 Å². The van der Waals surface area contributed by atoms with Crippen molar-refractivity contribution in [3.63, 3.8) is 0 Å². The van der Waals surface area contributed by atoms with Gasteiger partial charge in [0, 0.05) is 33.1 Å². The molecule has 158 valence electrons. The van der Waals surface area contributed by atoms with Gasteiger partial charge in [-0.15, -0.1) is 0 Å². The molecule has 0 fully saturated rings. The Balaban J connectivity index is 2.29. The normalized spacial score (nSPS) is 11.6. The molecule has 0 radical (unpaired) electrons. The van der Waals surface area contributed by atoms with Crippen molar-refractivity contribution in [2.24, 2.45) is 10.7 Å². The monoisotopic (exact) mass is 410 g/mol. The molecule has 1 aromatic heterocycles. The SMILES string of the molecule is C=C(/C=C\C(COC)=NC)n1nc(C(N)=O)cc1-c1ccc(CCOC(C)=O)cc1. The molecule has 1 aromatic carbocycles. The van der Waals surface area contributed by atoms with Gasteiger partial charge in [0.15, 0.2) is 5.69 Å². The number of primary amides is 1. The number of rotatable bonds is 10. The van der Waals surface area contributed by atoms with E-state index >= 15 is 0 Å². The average Bonchev–Trinajstić information content (AvgIpc) is 3.17. The molecule has 8 nitrogen and oxygen atoms in total. The first kappa shape index (κ1) is 22.8. The molecule has 1 heterocycles. The van der Waals surface area contributed by atoms with Crippen LogP contribution in [0.3, 0.4) is 0 Å². The summed E-state index contributed by atoms with van der Waals surface area (Å²) in [5.41, 5.74) is 9.36. The van der Waals surface area contributed by atoms with E-state index in [-0.39, 0.29) is 11.7 Å². The minimum absolute atomic E-state index is 0.139. The van der Waals surface area contributed by atoms with Gasteiger partial charge in [0.05, 0.1) is 30.3 Å². The van der Waals surface area contributed by atoms with E-state index in [0.717, 1.165) is 16.8 Å². The van der Waals surface area contributed by atoms with Gasteiger partial charge in [0.1, 0.15) is 0 Å². The molecule has 0 bridgehead atoms. The second-order valence-corrected chi connectivity index (χ2v) is 6.45. The van der Waals surface area contributed by atoms with Gasteiger partial charge in [0.25, 0.3) is 5.91 Å². The Morgan fingerprint density at radius 2 is 1.97 bits per heavy atom. The van der Waals surface area contributed by atoms with Crippen LogP contribution in [0.4, 0.5) is 0 Å². The predicted molar refractivity (Wildman–Crippen MR) is 116 cm³/mol. The Kier molecular flexibility index (Phi) is 8.25. The Labute approximate surface area is 175 Å². The van der Waals surface area contributed by atoms with E-state index < -0.39 is 5.91 Å². The van der Waals surface area contributed by atoms with Gasteiger partial charge in [0.2, 0.25) is 0 Å². The first-order valence-electron chi connectivity index (χ1n) is 9.30. The van der Waals surface area contributed by atoms with Crippen LogP contribution in [0.2, 0.25) is 0 Å². The summed E-state index contributed by atoms with van der Waals surface area (Å²) >= 11 is 0. The van der Waals surface area contributed by atoms with Crippen LogP contribution < -0.4 is 5.73 Å². The lowest BCUT2D eigenvalue weighted by atomic mass is 10.1. The summed E-state index contributed by atoms with van der Waals surface area (Å²) in [6.07, 6.45) is 4.13. The lowest BCUT2D eigenvalue weighted by Gasteiger charge is -2.09. The number of carbonyl (C=O) groups is 2. The lowest BCUT2D eigenvalue weighted by molar-refractivity contribution is -0.140. The molecule has 0 aliphatic heterocycles. The van der Waals surface area contributed by atoms with Crippen molar-refractivity contribution in [2.75, 3.05) is 27.4 Å². The highest BCUT2D eigenvalue weighted by Crippen LogP contribution is 2.24. The maximum atomic E-state index is 11.7. The van der Waals surface area contributed by atoms with Crippen molar-refractivity contribution in [3.8, 4) is 11.3 Å². The highest BCUT2D eigenvalue weighted by molar-refractivity contribution is 5.97.